The summed E-state index contributed by atoms with van der Waals surface area (Å²) < 4.78 is 5.25. The number of piperidine rings is 1. The van der Waals surface area contributed by atoms with Crippen LogP contribution in [0.1, 0.15) is 33.6 Å². The van der Waals surface area contributed by atoms with E-state index in [1.807, 2.05) is 13.8 Å². The third kappa shape index (κ3) is 6.86. The third-order valence-electron chi connectivity index (χ3n) is 2.95. The average molecular weight is 265 g/mol. The molecule has 1 rings (SSSR count). The van der Waals surface area contributed by atoms with Crippen LogP contribution in [0.4, 0.5) is 0 Å². The molecule has 1 unspecified atom stereocenters. The van der Waals surface area contributed by atoms with Gasteiger partial charge in [0.1, 0.15) is 6.61 Å². The lowest BCUT2D eigenvalue weighted by atomic mass is 9.83. The molecule has 5 heteroatoms. The number of hydrogen-bond donors (Lipinski definition) is 2. The van der Waals surface area contributed by atoms with E-state index in [2.05, 4.69) is 17.6 Å². The molecule has 0 bridgehead atoms. The molecule has 0 spiro atoms. The van der Waals surface area contributed by atoms with Crippen LogP contribution in [0.2, 0.25) is 0 Å². The Bertz CT molecular complexity index is 229. The van der Waals surface area contributed by atoms with E-state index in [9.17, 15) is 4.79 Å². The predicted molar refractivity (Wildman–Crippen MR) is 71.6 cm³/mol. The molecule has 0 aliphatic carbocycles. The van der Waals surface area contributed by atoms with E-state index in [0.29, 0.717) is 0 Å². The van der Waals surface area contributed by atoms with Gasteiger partial charge in [0.2, 0.25) is 5.91 Å². The lowest BCUT2D eigenvalue weighted by Gasteiger charge is -2.34. The summed E-state index contributed by atoms with van der Waals surface area (Å²) in [4.78, 5) is 11.5. The second-order valence-corrected chi connectivity index (χ2v) is 5.23. The van der Waals surface area contributed by atoms with Gasteiger partial charge in [-0.3, -0.25) is 4.79 Å². The predicted octanol–water partition coefficient (Wildman–Crippen LogP) is 1.34. The first-order valence-corrected chi connectivity index (χ1v) is 6.11. The largest absolute Gasteiger partial charge is 0.369 e. The number of nitrogens with one attached hydrogen (secondary N) is 2. The number of halogens is 1. The van der Waals surface area contributed by atoms with Crippen molar-refractivity contribution in [2.75, 3.05) is 26.2 Å². The first kappa shape index (κ1) is 16.7. The standard InChI is InChI=1S/C12H24N2O2.ClH/c1-10(2)16-7-11(15)14-9-12(3)5-4-6-13-8-12;/h10,13H,4-9H2,1-3H3,(H,14,15);1H. The van der Waals surface area contributed by atoms with Crippen molar-refractivity contribution in [1.29, 1.82) is 0 Å². The van der Waals surface area contributed by atoms with Gasteiger partial charge in [-0.1, -0.05) is 6.92 Å². The molecule has 0 aromatic carbocycles. The second kappa shape index (κ2) is 7.90. The van der Waals surface area contributed by atoms with Gasteiger partial charge in [0, 0.05) is 13.1 Å². The fourth-order valence-electron chi connectivity index (χ4n) is 1.87. The van der Waals surface area contributed by atoms with E-state index >= 15 is 0 Å². The van der Waals surface area contributed by atoms with Crippen LogP contribution in [0.25, 0.3) is 0 Å². The second-order valence-electron chi connectivity index (χ2n) is 5.23. The highest BCUT2D eigenvalue weighted by molar-refractivity contribution is 5.85. The van der Waals surface area contributed by atoms with Gasteiger partial charge in [-0.2, -0.15) is 0 Å². The average Bonchev–Trinajstić information content (AvgIpc) is 2.25. The van der Waals surface area contributed by atoms with Gasteiger partial charge in [0.25, 0.3) is 0 Å². The van der Waals surface area contributed by atoms with Crippen molar-refractivity contribution in [3.05, 3.63) is 0 Å². The normalized spacial score (nSPS) is 24.2. The van der Waals surface area contributed by atoms with E-state index in [0.717, 1.165) is 19.6 Å². The van der Waals surface area contributed by atoms with Crippen LogP contribution < -0.4 is 10.6 Å². The topological polar surface area (TPSA) is 50.4 Å². The van der Waals surface area contributed by atoms with Crippen molar-refractivity contribution >= 4 is 18.3 Å². The van der Waals surface area contributed by atoms with Crippen molar-refractivity contribution in [1.82, 2.24) is 10.6 Å². The molecule has 0 aromatic heterocycles. The van der Waals surface area contributed by atoms with E-state index < -0.39 is 0 Å². The number of carbonyl (C=O) groups is 1. The Morgan fingerprint density at radius 3 is 2.76 bits per heavy atom. The van der Waals surface area contributed by atoms with Crippen LogP contribution in [-0.2, 0) is 9.53 Å². The molecule has 2 N–H and O–H groups in total. The first-order valence-electron chi connectivity index (χ1n) is 6.11. The molecule has 1 amide bonds. The van der Waals surface area contributed by atoms with Crippen molar-refractivity contribution in [3.8, 4) is 0 Å². The van der Waals surface area contributed by atoms with E-state index in [4.69, 9.17) is 4.74 Å². The highest BCUT2D eigenvalue weighted by Gasteiger charge is 2.26. The van der Waals surface area contributed by atoms with Gasteiger partial charge in [0.15, 0.2) is 0 Å². The maximum Gasteiger partial charge on any atom is 0.246 e. The quantitative estimate of drug-likeness (QED) is 0.788. The van der Waals surface area contributed by atoms with Gasteiger partial charge in [0.05, 0.1) is 6.10 Å². The highest BCUT2D eigenvalue weighted by Crippen LogP contribution is 2.23. The van der Waals surface area contributed by atoms with Gasteiger partial charge in [-0.25, -0.2) is 0 Å². The summed E-state index contributed by atoms with van der Waals surface area (Å²) in [6, 6.07) is 0. The summed E-state index contributed by atoms with van der Waals surface area (Å²) in [5, 5.41) is 6.31. The van der Waals surface area contributed by atoms with Crippen LogP contribution >= 0.6 is 12.4 Å². The third-order valence-corrected chi connectivity index (χ3v) is 2.95. The van der Waals surface area contributed by atoms with E-state index in [1.54, 1.807) is 0 Å². The van der Waals surface area contributed by atoms with Gasteiger partial charge in [-0.05, 0) is 38.6 Å². The zero-order valence-corrected chi connectivity index (χ0v) is 11.9. The fraction of sp³-hybridized carbons (Fsp3) is 0.917. The molecule has 1 saturated heterocycles. The molecule has 1 aliphatic heterocycles. The molecule has 1 atom stereocenters. The Kier molecular flexibility index (Phi) is 7.75. The SMILES string of the molecule is CC(C)OCC(=O)NCC1(C)CCCNC1.Cl. The summed E-state index contributed by atoms with van der Waals surface area (Å²) in [6.07, 6.45) is 2.47. The Balaban J connectivity index is 0.00000256. The zero-order valence-electron chi connectivity index (χ0n) is 11.0. The summed E-state index contributed by atoms with van der Waals surface area (Å²) in [5.74, 6) is -0.0134. The van der Waals surface area contributed by atoms with Crippen molar-refractivity contribution < 1.29 is 9.53 Å². The summed E-state index contributed by atoms with van der Waals surface area (Å²) >= 11 is 0. The molecular formula is C12H25ClN2O2. The van der Waals surface area contributed by atoms with Crippen molar-refractivity contribution in [3.63, 3.8) is 0 Å². The smallest absolute Gasteiger partial charge is 0.246 e. The van der Waals surface area contributed by atoms with Crippen LogP contribution in [0, 0.1) is 5.41 Å². The van der Waals surface area contributed by atoms with Crippen LogP contribution in [0.3, 0.4) is 0 Å². The summed E-state index contributed by atoms with van der Waals surface area (Å²) in [5.41, 5.74) is 0.200. The minimum atomic E-state index is -0.0134. The first-order chi connectivity index (χ1) is 7.52. The molecule has 4 nitrogen and oxygen atoms in total. The molecule has 0 radical (unpaired) electrons. The lowest BCUT2D eigenvalue weighted by Crippen LogP contribution is -2.46. The van der Waals surface area contributed by atoms with Crippen molar-refractivity contribution in [2.45, 2.75) is 39.7 Å². The maximum absolute atomic E-state index is 11.5. The molecule has 17 heavy (non-hydrogen) atoms. The Morgan fingerprint density at radius 1 is 1.53 bits per heavy atom. The molecule has 1 heterocycles. The molecule has 1 fully saturated rings. The number of rotatable bonds is 5. The Morgan fingerprint density at radius 2 is 2.24 bits per heavy atom. The summed E-state index contributed by atoms with van der Waals surface area (Å²) in [6.45, 7) is 9.06. The maximum atomic E-state index is 11.5. The Hall–Kier alpha value is -0.320. The molecular weight excluding hydrogens is 240 g/mol. The van der Waals surface area contributed by atoms with Crippen molar-refractivity contribution in [2.24, 2.45) is 5.41 Å². The number of ether oxygens (including phenoxy) is 1. The minimum Gasteiger partial charge on any atom is -0.369 e. The number of hydrogen-bond acceptors (Lipinski definition) is 3. The number of carbonyl (C=O) groups excluding carboxylic acids is 1. The lowest BCUT2D eigenvalue weighted by molar-refractivity contribution is -0.127. The summed E-state index contributed by atoms with van der Waals surface area (Å²) in [7, 11) is 0. The van der Waals surface area contributed by atoms with Gasteiger partial charge < -0.3 is 15.4 Å². The van der Waals surface area contributed by atoms with Crippen LogP contribution in [0.15, 0.2) is 0 Å². The van der Waals surface area contributed by atoms with Crippen LogP contribution in [0.5, 0.6) is 0 Å². The zero-order chi connectivity index (χ0) is 12.0. The fourth-order valence-corrected chi connectivity index (χ4v) is 1.87. The minimum absolute atomic E-state index is 0. The molecule has 0 aromatic rings. The molecule has 102 valence electrons. The van der Waals surface area contributed by atoms with E-state index in [1.165, 1.54) is 12.8 Å². The number of amides is 1. The Labute approximate surface area is 110 Å². The monoisotopic (exact) mass is 264 g/mol. The molecule has 0 saturated carbocycles. The van der Waals surface area contributed by atoms with Crippen LogP contribution in [-0.4, -0.2) is 38.3 Å². The van der Waals surface area contributed by atoms with Gasteiger partial charge >= 0.3 is 0 Å². The van der Waals surface area contributed by atoms with E-state index in [-0.39, 0.29) is 36.4 Å². The highest BCUT2D eigenvalue weighted by atomic mass is 35.5. The van der Waals surface area contributed by atoms with Gasteiger partial charge in [-0.15, -0.1) is 12.4 Å². The molecule has 1 aliphatic rings.